The van der Waals surface area contributed by atoms with E-state index < -0.39 is 17.8 Å². The van der Waals surface area contributed by atoms with Crippen molar-refractivity contribution < 1.29 is 13.9 Å². The first-order valence-corrected chi connectivity index (χ1v) is 4.64. The molecule has 0 aliphatic rings. The fourth-order valence-corrected chi connectivity index (χ4v) is 1.64. The zero-order valence-corrected chi connectivity index (χ0v) is 10.3. The Hall–Kier alpha value is -0.650. The largest absolute Gasteiger partial charge is 0.468 e. The zero-order valence-electron chi connectivity index (χ0n) is 7.87. The number of hydrogen-bond acceptors (Lipinski definition) is 3. The van der Waals surface area contributed by atoms with Gasteiger partial charge in [0, 0.05) is 10.0 Å². The van der Waals surface area contributed by atoms with Gasteiger partial charge in [-0.05, 0) is 12.1 Å². The fraction of sp³-hybridized carbons (Fsp3) is 0.222. The number of ether oxygens (including phenoxy) is 1. The van der Waals surface area contributed by atoms with Gasteiger partial charge in [0.1, 0.15) is 11.9 Å². The van der Waals surface area contributed by atoms with Gasteiger partial charge >= 0.3 is 5.97 Å². The Labute approximate surface area is 101 Å². The molecule has 0 bridgehead atoms. The van der Waals surface area contributed by atoms with E-state index in [-0.39, 0.29) is 18.0 Å². The predicted molar refractivity (Wildman–Crippen MR) is 60.3 cm³/mol. The highest BCUT2D eigenvalue weighted by Gasteiger charge is 2.22. The molecule has 0 radical (unpaired) electrons. The van der Waals surface area contributed by atoms with E-state index in [1.807, 2.05) is 0 Å². The molecule has 2 N–H and O–H groups in total. The number of hydrogen-bond donors (Lipinski definition) is 1. The van der Waals surface area contributed by atoms with Gasteiger partial charge in [-0.3, -0.25) is 4.79 Å². The number of nitrogens with two attached hydrogens (primary N) is 1. The molecule has 84 valence electrons. The molecular formula is C9H10BrClFNO2. The van der Waals surface area contributed by atoms with Crippen LogP contribution in [0.3, 0.4) is 0 Å². The third-order valence-corrected chi connectivity index (χ3v) is 2.46. The Kier molecular flexibility index (Phi) is 5.79. The maximum Gasteiger partial charge on any atom is 0.327 e. The van der Waals surface area contributed by atoms with Gasteiger partial charge in [-0.15, -0.1) is 12.4 Å². The molecule has 3 nitrogen and oxygen atoms in total. The van der Waals surface area contributed by atoms with Crippen LogP contribution in [0.15, 0.2) is 22.7 Å². The molecule has 0 saturated carbocycles. The molecule has 0 amide bonds. The van der Waals surface area contributed by atoms with E-state index in [0.29, 0.717) is 4.47 Å². The summed E-state index contributed by atoms with van der Waals surface area (Å²) < 4.78 is 18.2. The summed E-state index contributed by atoms with van der Waals surface area (Å²) in [5, 5.41) is 0. The topological polar surface area (TPSA) is 52.3 Å². The van der Waals surface area contributed by atoms with Crippen LogP contribution in [0.25, 0.3) is 0 Å². The van der Waals surface area contributed by atoms with Crippen LogP contribution in [-0.4, -0.2) is 13.1 Å². The smallest absolute Gasteiger partial charge is 0.327 e. The van der Waals surface area contributed by atoms with E-state index >= 15 is 0 Å². The molecule has 1 aromatic carbocycles. The second-order valence-electron chi connectivity index (χ2n) is 2.64. The van der Waals surface area contributed by atoms with Gasteiger partial charge in [0.2, 0.25) is 0 Å². The summed E-state index contributed by atoms with van der Waals surface area (Å²) in [6.07, 6.45) is 0. The van der Waals surface area contributed by atoms with Gasteiger partial charge in [-0.2, -0.15) is 0 Å². The summed E-state index contributed by atoms with van der Waals surface area (Å²) >= 11 is 3.12. The molecule has 15 heavy (non-hydrogen) atoms. The molecule has 0 spiro atoms. The molecule has 0 aliphatic heterocycles. The molecule has 1 rings (SSSR count). The fourth-order valence-electron chi connectivity index (χ4n) is 1.05. The molecule has 0 aliphatic carbocycles. The SMILES string of the molecule is COC(=O)[C@@H](N)c1c(F)cccc1Br.Cl. The molecule has 1 atom stereocenters. The van der Waals surface area contributed by atoms with Crippen LogP contribution in [0.5, 0.6) is 0 Å². The van der Waals surface area contributed by atoms with Crippen molar-refractivity contribution in [2.75, 3.05) is 7.11 Å². The van der Waals surface area contributed by atoms with Crippen LogP contribution >= 0.6 is 28.3 Å². The van der Waals surface area contributed by atoms with Gasteiger partial charge in [0.25, 0.3) is 0 Å². The summed E-state index contributed by atoms with van der Waals surface area (Å²) in [6, 6.07) is 3.27. The van der Waals surface area contributed by atoms with Crippen molar-refractivity contribution in [1.82, 2.24) is 0 Å². The lowest BCUT2D eigenvalue weighted by Crippen LogP contribution is -2.24. The van der Waals surface area contributed by atoms with E-state index in [4.69, 9.17) is 5.73 Å². The first-order valence-electron chi connectivity index (χ1n) is 3.85. The highest BCUT2D eigenvalue weighted by Crippen LogP contribution is 2.25. The number of esters is 1. The number of rotatable bonds is 2. The molecular weight excluding hydrogens is 288 g/mol. The first kappa shape index (κ1) is 14.3. The first-order chi connectivity index (χ1) is 6.57. The van der Waals surface area contributed by atoms with Crippen molar-refractivity contribution in [3.05, 3.63) is 34.1 Å². The summed E-state index contributed by atoms with van der Waals surface area (Å²) in [7, 11) is 1.21. The average molecular weight is 299 g/mol. The van der Waals surface area contributed by atoms with E-state index in [0.717, 1.165) is 0 Å². The van der Waals surface area contributed by atoms with E-state index in [2.05, 4.69) is 20.7 Å². The minimum absolute atomic E-state index is 0. The van der Waals surface area contributed by atoms with Crippen molar-refractivity contribution in [1.29, 1.82) is 0 Å². The van der Waals surface area contributed by atoms with Crippen molar-refractivity contribution in [3.63, 3.8) is 0 Å². The molecule has 0 unspecified atom stereocenters. The number of benzene rings is 1. The summed E-state index contributed by atoms with van der Waals surface area (Å²) in [5.41, 5.74) is 5.62. The Balaban J connectivity index is 0.00000196. The predicted octanol–water partition coefficient (Wildman–Crippen LogP) is 2.18. The second kappa shape index (κ2) is 6.05. The lowest BCUT2D eigenvalue weighted by Gasteiger charge is -2.11. The van der Waals surface area contributed by atoms with Crippen molar-refractivity contribution >= 4 is 34.3 Å². The lowest BCUT2D eigenvalue weighted by atomic mass is 10.1. The highest BCUT2D eigenvalue weighted by atomic mass is 79.9. The average Bonchev–Trinajstić information content (AvgIpc) is 2.16. The van der Waals surface area contributed by atoms with Crippen LogP contribution in [-0.2, 0) is 9.53 Å². The molecule has 0 saturated heterocycles. The Morgan fingerprint density at radius 1 is 1.60 bits per heavy atom. The summed E-state index contributed by atoms with van der Waals surface area (Å²) in [5.74, 6) is -1.20. The van der Waals surface area contributed by atoms with Gasteiger partial charge < -0.3 is 10.5 Å². The second-order valence-corrected chi connectivity index (χ2v) is 3.49. The number of halogens is 3. The number of carbonyl (C=O) groups is 1. The molecule has 0 fully saturated rings. The van der Waals surface area contributed by atoms with Gasteiger partial charge in [-0.1, -0.05) is 22.0 Å². The number of carbonyl (C=O) groups excluding carboxylic acids is 1. The minimum Gasteiger partial charge on any atom is -0.468 e. The number of methoxy groups -OCH3 is 1. The maximum absolute atomic E-state index is 13.3. The zero-order chi connectivity index (χ0) is 10.7. The third-order valence-electron chi connectivity index (χ3n) is 1.77. The lowest BCUT2D eigenvalue weighted by molar-refractivity contribution is -0.142. The summed E-state index contributed by atoms with van der Waals surface area (Å²) in [4.78, 5) is 11.1. The van der Waals surface area contributed by atoms with Crippen LogP contribution in [0, 0.1) is 5.82 Å². The Morgan fingerprint density at radius 3 is 2.67 bits per heavy atom. The molecule has 1 aromatic rings. The third kappa shape index (κ3) is 3.15. The molecule has 0 heterocycles. The highest BCUT2D eigenvalue weighted by molar-refractivity contribution is 9.10. The minimum atomic E-state index is -1.10. The van der Waals surface area contributed by atoms with Crippen molar-refractivity contribution in [2.45, 2.75) is 6.04 Å². The van der Waals surface area contributed by atoms with E-state index in [9.17, 15) is 9.18 Å². The Bertz CT molecular complexity index is 342. The standard InChI is InChI=1S/C9H9BrFNO2.ClH/c1-14-9(13)8(12)7-5(10)3-2-4-6(7)11;/h2-4,8H,12H2,1H3;1H/t8-;/m0./s1. The molecule has 0 aromatic heterocycles. The monoisotopic (exact) mass is 297 g/mol. The van der Waals surface area contributed by atoms with Crippen molar-refractivity contribution in [3.8, 4) is 0 Å². The van der Waals surface area contributed by atoms with Crippen molar-refractivity contribution in [2.24, 2.45) is 5.73 Å². The van der Waals surface area contributed by atoms with Crippen LogP contribution in [0.2, 0.25) is 0 Å². The van der Waals surface area contributed by atoms with E-state index in [1.54, 1.807) is 6.07 Å². The Morgan fingerprint density at radius 2 is 2.20 bits per heavy atom. The maximum atomic E-state index is 13.3. The normalized spacial score (nSPS) is 11.5. The van der Waals surface area contributed by atoms with Gasteiger partial charge in [0.15, 0.2) is 0 Å². The van der Waals surface area contributed by atoms with Crippen LogP contribution in [0.4, 0.5) is 4.39 Å². The van der Waals surface area contributed by atoms with Gasteiger partial charge in [-0.25, -0.2) is 4.39 Å². The van der Waals surface area contributed by atoms with Crippen LogP contribution in [0.1, 0.15) is 11.6 Å². The van der Waals surface area contributed by atoms with Gasteiger partial charge in [0.05, 0.1) is 7.11 Å². The van der Waals surface area contributed by atoms with E-state index in [1.165, 1.54) is 19.2 Å². The molecule has 6 heteroatoms. The quantitative estimate of drug-likeness (QED) is 0.852. The van der Waals surface area contributed by atoms with Crippen LogP contribution < -0.4 is 5.73 Å². The summed E-state index contributed by atoms with van der Waals surface area (Å²) in [6.45, 7) is 0.